The lowest BCUT2D eigenvalue weighted by Gasteiger charge is -2.28. The zero-order valence-electron chi connectivity index (χ0n) is 9.69. The number of likely N-dealkylation sites (tertiary alicyclic amines) is 1. The van der Waals surface area contributed by atoms with Gasteiger partial charge in [-0.1, -0.05) is 0 Å². The van der Waals surface area contributed by atoms with E-state index in [0.29, 0.717) is 13.1 Å². The summed E-state index contributed by atoms with van der Waals surface area (Å²) in [5, 5.41) is 0. The first-order chi connectivity index (χ1) is 6.85. The molecule has 0 aromatic heterocycles. The van der Waals surface area contributed by atoms with Crippen LogP contribution in [0, 0.1) is 0 Å². The smallest absolute Gasteiger partial charge is 0.410 e. The molecule has 0 spiro atoms. The van der Waals surface area contributed by atoms with Crippen LogP contribution in [0.3, 0.4) is 0 Å². The molecule has 4 N–H and O–H groups in total. The van der Waals surface area contributed by atoms with Crippen LogP contribution < -0.4 is 11.5 Å². The maximum absolute atomic E-state index is 11.8. The van der Waals surface area contributed by atoms with E-state index in [1.54, 1.807) is 4.90 Å². The lowest BCUT2D eigenvalue weighted by Crippen LogP contribution is -2.48. The van der Waals surface area contributed by atoms with Crippen LogP contribution in [0.25, 0.3) is 0 Å². The molecule has 0 aromatic rings. The van der Waals surface area contributed by atoms with Gasteiger partial charge in [0, 0.05) is 19.1 Å². The van der Waals surface area contributed by atoms with E-state index in [-0.39, 0.29) is 18.2 Å². The van der Waals surface area contributed by atoms with E-state index in [1.807, 2.05) is 20.8 Å². The van der Waals surface area contributed by atoms with E-state index in [9.17, 15) is 4.79 Å². The molecule has 1 rings (SSSR count). The molecule has 0 aromatic carbocycles. The Bertz CT molecular complexity index is 237. The highest BCUT2D eigenvalue weighted by Gasteiger charge is 2.36. The van der Waals surface area contributed by atoms with Crippen LogP contribution in [0.5, 0.6) is 0 Å². The fourth-order valence-corrected chi connectivity index (χ4v) is 1.73. The number of ether oxygens (including phenoxy) is 1. The monoisotopic (exact) mass is 215 g/mol. The number of rotatable bonds is 1. The van der Waals surface area contributed by atoms with Crippen LogP contribution >= 0.6 is 0 Å². The number of nitrogens with zero attached hydrogens (tertiary/aromatic N) is 1. The van der Waals surface area contributed by atoms with Crippen molar-refractivity contribution in [2.75, 3.05) is 13.1 Å². The molecule has 1 amide bonds. The molecule has 5 nitrogen and oxygen atoms in total. The summed E-state index contributed by atoms with van der Waals surface area (Å²) < 4.78 is 5.28. The highest BCUT2D eigenvalue weighted by Crippen LogP contribution is 2.19. The molecule has 88 valence electrons. The molecule has 0 saturated carbocycles. The maximum Gasteiger partial charge on any atom is 0.410 e. The average molecular weight is 215 g/mol. The van der Waals surface area contributed by atoms with Crippen molar-refractivity contribution in [3.05, 3.63) is 0 Å². The summed E-state index contributed by atoms with van der Waals surface area (Å²) in [7, 11) is 0. The Kier molecular flexibility index (Phi) is 3.57. The standard InChI is InChI=1S/C10H21N3O2/c1-10(2,3)15-9(14)13-5-4-7(12)8(13)6-11/h7-8H,4-6,11-12H2,1-3H3. The molecule has 1 heterocycles. The summed E-state index contributed by atoms with van der Waals surface area (Å²) in [5.41, 5.74) is 11.0. The van der Waals surface area contributed by atoms with Gasteiger partial charge in [-0.25, -0.2) is 4.79 Å². The van der Waals surface area contributed by atoms with Crippen molar-refractivity contribution in [2.45, 2.75) is 44.9 Å². The van der Waals surface area contributed by atoms with Gasteiger partial charge in [0.15, 0.2) is 0 Å². The second kappa shape index (κ2) is 4.37. The summed E-state index contributed by atoms with van der Waals surface area (Å²) in [6, 6.07) is -0.109. The van der Waals surface area contributed by atoms with Crippen molar-refractivity contribution in [1.29, 1.82) is 0 Å². The van der Waals surface area contributed by atoms with Gasteiger partial charge in [-0.15, -0.1) is 0 Å². The summed E-state index contributed by atoms with van der Waals surface area (Å²) in [6.45, 7) is 6.56. The van der Waals surface area contributed by atoms with Crippen molar-refractivity contribution in [1.82, 2.24) is 4.90 Å². The Balaban J connectivity index is 2.60. The number of hydrogen-bond acceptors (Lipinski definition) is 4. The summed E-state index contributed by atoms with van der Waals surface area (Å²) in [4.78, 5) is 13.4. The predicted molar refractivity (Wildman–Crippen MR) is 58.4 cm³/mol. The first-order valence-corrected chi connectivity index (χ1v) is 5.30. The molecule has 0 bridgehead atoms. The molecule has 2 unspecified atom stereocenters. The number of carbonyl (C=O) groups excluding carboxylic acids is 1. The molecule has 1 aliphatic rings. The van der Waals surface area contributed by atoms with Crippen LogP contribution in [0.2, 0.25) is 0 Å². The summed E-state index contributed by atoms with van der Waals surface area (Å²) in [6.07, 6.45) is 0.479. The molecule has 15 heavy (non-hydrogen) atoms. The molecule has 5 heteroatoms. The van der Waals surface area contributed by atoms with E-state index in [0.717, 1.165) is 6.42 Å². The Morgan fingerprint density at radius 1 is 1.53 bits per heavy atom. The van der Waals surface area contributed by atoms with Crippen molar-refractivity contribution in [3.8, 4) is 0 Å². The number of hydrogen-bond donors (Lipinski definition) is 2. The first-order valence-electron chi connectivity index (χ1n) is 5.30. The number of amides is 1. The zero-order chi connectivity index (χ0) is 11.6. The maximum atomic E-state index is 11.8. The number of nitrogens with two attached hydrogens (primary N) is 2. The second-order valence-electron chi connectivity index (χ2n) is 4.93. The van der Waals surface area contributed by atoms with Gasteiger partial charge in [-0.05, 0) is 27.2 Å². The van der Waals surface area contributed by atoms with E-state index in [4.69, 9.17) is 16.2 Å². The van der Waals surface area contributed by atoms with Gasteiger partial charge in [0.1, 0.15) is 5.60 Å². The lowest BCUT2D eigenvalue weighted by molar-refractivity contribution is 0.0226. The SMILES string of the molecule is CC(C)(C)OC(=O)N1CCC(N)C1CN. The third-order valence-electron chi connectivity index (χ3n) is 2.47. The molecule has 2 atom stereocenters. The summed E-state index contributed by atoms with van der Waals surface area (Å²) in [5.74, 6) is 0. The van der Waals surface area contributed by atoms with Crippen LogP contribution in [0.15, 0.2) is 0 Å². The Labute approximate surface area is 90.7 Å². The third kappa shape index (κ3) is 3.07. The predicted octanol–water partition coefficient (Wildman–Crippen LogP) is 0.282. The van der Waals surface area contributed by atoms with Crippen LogP contribution in [-0.4, -0.2) is 41.8 Å². The van der Waals surface area contributed by atoms with Crippen molar-refractivity contribution in [3.63, 3.8) is 0 Å². The normalized spacial score (nSPS) is 26.9. The molecule has 0 radical (unpaired) electrons. The van der Waals surface area contributed by atoms with E-state index in [2.05, 4.69) is 0 Å². The molecule has 1 fully saturated rings. The highest BCUT2D eigenvalue weighted by molar-refractivity contribution is 5.69. The van der Waals surface area contributed by atoms with Gasteiger partial charge in [0.2, 0.25) is 0 Å². The van der Waals surface area contributed by atoms with E-state index < -0.39 is 5.60 Å². The van der Waals surface area contributed by atoms with E-state index in [1.165, 1.54) is 0 Å². The fraction of sp³-hybridized carbons (Fsp3) is 0.900. The van der Waals surface area contributed by atoms with Crippen molar-refractivity contribution < 1.29 is 9.53 Å². The number of carbonyl (C=O) groups is 1. The van der Waals surface area contributed by atoms with Gasteiger partial charge in [0.05, 0.1) is 6.04 Å². The fourth-order valence-electron chi connectivity index (χ4n) is 1.73. The molecule has 1 aliphatic heterocycles. The molecule has 0 aliphatic carbocycles. The highest BCUT2D eigenvalue weighted by atomic mass is 16.6. The minimum atomic E-state index is -0.469. The molecule has 1 saturated heterocycles. The third-order valence-corrected chi connectivity index (χ3v) is 2.47. The first kappa shape index (κ1) is 12.3. The Morgan fingerprint density at radius 3 is 2.60 bits per heavy atom. The van der Waals surface area contributed by atoms with Gasteiger partial charge < -0.3 is 21.1 Å². The zero-order valence-corrected chi connectivity index (χ0v) is 9.69. The summed E-state index contributed by atoms with van der Waals surface area (Å²) >= 11 is 0. The van der Waals surface area contributed by atoms with Crippen molar-refractivity contribution >= 4 is 6.09 Å². The minimum Gasteiger partial charge on any atom is -0.444 e. The van der Waals surface area contributed by atoms with Crippen LogP contribution in [0.4, 0.5) is 4.79 Å². The van der Waals surface area contributed by atoms with Crippen molar-refractivity contribution in [2.24, 2.45) is 11.5 Å². The molecular weight excluding hydrogens is 194 g/mol. The van der Waals surface area contributed by atoms with Gasteiger partial charge in [-0.3, -0.25) is 0 Å². The Hall–Kier alpha value is -0.810. The van der Waals surface area contributed by atoms with E-state index >= 15 is 0 Å². The quantitative estimate of drug-likeness (QED) is 0.658. The molecular formula is C10H21N3O2. The average Bonchev–Trinajstić information content (AvgIpc) is 2.43. The second-order valence-corrected chi connectivity index (χ2v) is 4.93. The lowest BCUT2D eigenvalue weighted by atomic mass is 10.1. The van der Waals surface area contributed by atoms with Gasteiger partial charge >= 0.3 is 6.09 Å². The topological polar surface area (TPSA) is 81.6 Å². The largest absolute Gasteiger partial charge is 0.444 e. The Morgan fingerprint density at radius 2 is 2.13 bits per heavy atom. The van der Waals surface area contributed by atoms with Gasteiger partial charge in [-0.2, -0.15) is 0 Å². The van der Waals surface area contributed by atoms with Gasteiger partial charge in [0.25, 0.3) is 0 Å². The van der Waals surface area contributed by atoms with Crippen LogP contribution in [-0.2, 0) is 4.74 Å². The minimum absolute atomic E-state index is 0.0254. The van der Waals surface area contributed by atoms with Crippen LogP contribution in [0.1, 0.15) is 27.2 Å².